The summed E-state index contributed by atoms with van der Waals surface area (Å²) in [6.45, 7) is 1.60. The van der Waals surface area contributed by atoms with Gasteiger partial charge >= 0.3 is 0 Å². The summed E-state index contributed by atoms with van der Waals surface area (Å²) >= 11 is 0. The molecule has 2 heterocycles. The third kappa shape index (κ3) is 8.05. The minimum atomic E-state index is -0.209. The predicted molar refractivity (Wildman–Crippen MR) is 170 cm³/mol. The lowest BCUT2D eigenvalue weighted by Gasteiger charge is -2.15. The average molecular weight is 579 g/mol. The molecule has 1 atom stereocenters. The van der Waals surface area contributed by atoms with Crippen LogP contribution in [0.1, 0.15) is 48.8 Å². The maximum absolute atomic E-state index is 14.4. The molecule has 0 spiro atoms. The largest absolute Gasteiger partial charge is 0.359 e. The SMILES string of the molecule is CNCCCCc1ncc(-c2ccc(-c3ccc(-c4cnc(C(CCCNC=O)Cc5ccccc5F)[nH]4)cc3)cc2)[nH]1. The van der Waals surface area contributed by atoms with Crippen LogP contribution >= 0.6 is 0 Å². The number of imidazole rings is 2. The van der Waals surface area contributed by atoms with E-state index in [0.29, 0.717) is 24.9 Å². The van der Waals surface area contributed by atoms with Crippen molar-refractivity contribution in [2.45, 2.75) is 44.4 Å². The van der Waals surface area contributed by atoms with Gasteiger partial charge in [0, 0.05) is 18.9 Å². The highest BCUT2D eigenvalue weighted by atomic mass is 19.1. The van der Waals surface area contributed by atoms with Crippen molar-refractivity contribution in [3.63, 3.8) is 0 Å². The fourth-order valence-electron chi connectivity index (χ4n) is 5.38. The number of unbranched alkanes of at least 4 members (excludes halogenated alkanes) is 1. The van der Waals surface area contributed by atoms with Gasteiger partial charge < -0.3 is 20.6 Å². The third-order valence-electron chi connectivity index (χ3n) is 7.81. The molecule has 0 aliphatic rings. The number of benzene rings is 3. The van der Waals surface area contributed by atoms with Crippen LogP contribution in [0.3, 0.4) is 0 Å². The first-order valence-electron chi connectivity index (χ1n) is 15.0. The van der Waals surface area contributed by atoms with Gasteiger partial charge in [-0.05, 0) is 79.6 Å². The first-order valence-corrected chi connectivity index (χ1v) is 15.0. The second-order valence-corrected chi connectivity index (χ2v) is 10.8. The lowest BCUT2D eigenvalue weighted by molar-refractivity contribution is -0.109. The van der Waals surface area contributed by atoms with E-state index in [9.17, 15) is 9.18 Å². The molecule has 5 rings (SSSR count). The lowest BCUT2D eigenvalue weighted by Crippen LogP contribution is -2.14. The smallest absolute Gasteiger partial charge is 0.207 e. The van der Waals surface area contributed by atoms with E-state index in [2.05, 4.69) is 79.1 Å². The Balaban J connectivity index is 1.25. The van der Waals surface area contributed by atoms with E-state index >= 15 is 0 Å². The number of hydrogen-bond acceptors (Lipinski definition) is 4. The summed E-state index contributed by atoms with van der Waals surface area (Å²) in [6.07, 6.45) is 9.75. The van der Waals surface area contributed by atoms with Crippen LogP contribution < -0.4 is 10.6 Å². The second kappa shape index (κ2) is 15.1. The van der Waals surface area contributed by atoms with Gasteiger partial charge in [0.25, 0.3) is 0 Å². The van der Waals surface area contributed by atoms with E-state index < -0.39 is 0 Å². The van der Waals surface area contributed by atoms with Crippen LogP contribution in [-0.4, -0.2) is 46.5 Å². The lowest BCUT2D eigenvalue weighted by atomic mass is 9.93. The molecule has 7 nitrogen and oxygen atoms in total. The summed E-state index contributed by atoms with van der Waals surface area (Å²) in [5, 5.41) is 5.89. The van der Waals surface area contributed by atoms with Crippen molar-refractivity contribution in [3.8, 4) is 33.6 Å². The van der Waals surface area contributed by atoms with Crippen molar-refractivity contribution in [2.75, 3.05) is 20.1 Å². The minimum absolute atomic E-state index is 0.00111. The van der Waals surface area contributed by atoms with Crippen LogP contribution in [0, 0.1) is 5.82 Å². The number of hydrogen-bond donors (Lipinski definition) is 4. The highest BCUT2D eigenvalue weighted by Gasteiger charge is 2.18. The maximum Gasteiger partial charge on any atom is 0.207 e. The second-order valence-electron chi connectivity index (χ2n) is 10.8. The summed E-state index contributed by atoms with van der Waals surface area (Å²) in [7, 11) is 1.98. The molecule has 0 radical (unpaired) electrons. The Morgan fingerprint density at radius 1 is 0.791 bits per heavy atom. The van der Waals surface area contributed by atoms with Gasteiger partial charge in [-0.2, -0.15) is 0 Å². The number of amides is 1. The molecule has 0 saturated heterocycles. The number of aromatic amines is 2. The van der Waals surface area contributed by atoms with Crippen molar-refractivity contribution in [3.05, 3.63) is 108 Å². The molecule has 1 unspecified atom stereocenters. The number of aryl methyl sites for hydroxylation is 1. The maximum atomic E-state index is 14.4. The van der Waals surface area contributed by atoms with Gasteiger partial charge in [0.1, 0.15) is 17.5 Å². The summed E-state index contributed by atoms with van der Waals surface area (Å²) in [5.74, 6) is 1.64. The van der Waals surface area contributed by atoms with Gasteiger partial charge in [0.15, 0.2) is 0 Å². The first-order chi connectivity index (χ1) is 21.1. The molecule has 222 valence electrons. The van der Waals surface area contributed by atoms with E-state index in [1.54, 1.807) is 6.07 Å². The Morgan fingerprint density at radius 2 is 1.44 bits per heavy atom. The number of rotatable bonds is 16. The molecular weight excluding hydrogens is 539 g/mol. The molecule has 0 aliphatic heterocycles. The number of nitrogens with zero attached hydrogens (tertiary/aromatic N) is 2. The van der Waals surface area contributed by atoms with Gasteiger partial charge in [-0.1, -0.05) is 66.7 Å². The molecule has 0 bridgehead atoms. The minimum Gasteiger partial charge on any atom is -0.359 e. The van der Waals surface area contributed by atoms with E-state index in [0.717, 1.165) is 83.9 Å². The zero-order valence-electron chi connectivity index (χ0n) is 24.6. The van der Waals surface area contributed by atoms with Crippen molar-refractivity contribution in [1.29, 1.82) is 0 Å². The van der Waals surface area contributed by atoms with Gasteiger partial charge in [0.2, 0.25) is 6.41 Å². The van der Waals surface area contributed by atoms with E-state index in [4.69, 9.17) is 0 Å². The Morgan fingerprint density at radius 3 is 2.12 bits per heavy atom. The van der Waals surface area contributed by atoms with Crippen molar-refractivity contribution in [1.82, 2.24) is 30.6 Å². The van der Waals surface area contributed by atoms with E-state index in [1.807, 2.05) is 31.6 Å². The van der Waals surface area contributed by atoms with Crippen molar-refractivity contribution >= 4 is 6.41 Å². The molecule has 0 aliphatic carbocycles. The summed E-state index contributed by atoms with van der Waals surface area (Å²) in [5.41, 5.74) is 7.04. The monoisotopic (exact) mass is 578 g/mol. The number of aromatic nitrogens is 4. The molecule has 5 aromatic rings. The predicted octanol–water partition coefficient (Wildman–Crippen LogP) is 6.67. The fraction of sp³-hybridized carbons (Fsp3) is 0.286. The van der Waals surface area contributed by atoms with Crippen LogP contribution in [0.25, 0.3) is 33.6 Å². The number of H-pyrrole nitrogens is 2. The van der Waals surface area contributed by atoms with E-state index in [-0.39, 0.29) is 11.7 Å². The Kier molecular flexibility index (Phi) is 10.5. The van der Waals surface area contributed by atoms with Crippen molar-refractivity contribution in [2.24, 2.45) is 0 Å². The van der Waals surface area contributed by atoms with Crippen LogP contribution in [-0.2, 0) is 17.6 Å². The molecule has 0 fully saturated rings. The zero-order chi connectivity index (χ0) is 29.9. The average Bonchev–Trinajstić information content (AvgIpc) is 3.73. The van der Waals surface area contributed by atoms with Crippen LogP contribution in [0.15, 0.2) is 85.2 Å². The summed E-state index contributed by atoms with van der Waals surface area (Å²) < 4.78 is 14.4. The normalized spacial score (nSPS) is 11.9. The van der Waals surface area contributed by atoms with Crippen LogP contribution in [0.2, 0.25) is 0 Å². The quantitative estimate of drug-likeness (QED) is 0.0777. The molecule has 4 N–H and O–H groups in total. The molecule has 3 aromatic carbocycles. The molecule has 0 saturated carbocycles. The number of carbonyl (C=O) groups excluding carboxylic acids is 1. The molecule has 2 aromatic heterocycles. The molecule has 1 amide bonds. The van der Waals surface area contributed by atoms with Crippen molar-refractivity contribution < 1.29 is 9.18 Å². The molecule has 8 heteroatoms. The standard InChI is InChI=1S/C35H39FN6O/c1-37-19-5-4-10-34-39-22-32(41-34)27-15-11-25(12-16-27)26-13-17-28(18-14-26)33-23-40-35(42-33)30(8-6-20-38-24-43)21-29-7-2-3-9-31(29)36/h2-3,7,9,11-18,22-24,30,37H,4-6,8,10,19-21H2,1H3,(H,38,43)(H,39,41)(H,40,42). The highest BCUT2D eigenvalue weighted by Crippen LogP contribution is 2.29. The van der Waals surface area contributed by atoms with Gasteiger partial charge in [-0.15, -0.1) is 0 Å². The number of carbonyl (C=O) groups is 1. The Bertz CT molecular complexity index is 1570. The number of halogens is 1. The van der Waals surface area contributed by atoms with E-state index in [1.165, 1.54) is 6.07 Å². The van der Waals surface area contributed by atoms with Gasteiger partial charge in [-0.25, -0.2) is 14.4 Å². The van der Waals surface area contributed by atoms with Gasteiger partial charge in [0.05, 0.1) is 23.8 Å². The topological polar surface area (TPSA) is 98.5 Å². The Labute approximate surface area is 252 Å². The summed E-state index contributed by atoms with van der Waals surface area (Å²) in [6, 6.07) is 23.8. The highest BCUT2D eigenvalue weighted by molar-refractivity contribution is 5.71. The molecular formula is C35H39FN6O. The van der Waals surface area contributed by atoms with Gasteiger partial charge in [-0.3, -0.25) is 4.79 Å². The fourth-order valence-corrected chi connectivity index (χ4v) is 5.38. The zero-order valence-corrected chi connectivity index (χ0v) is 24.6. The van der Waals surface area contributed by atoms with Crippen LogP contribution in [0.5, 0.6) is 0 Å². The first kappa shape index (κ1) is 29.9. The number of nitrogens with one attached hydrogen (secondary N) is 4. The summed E-state index contributed by atoms with van der Waals surface area (Å²) in [4.78, 5) is 26.8. The Hall–Kier alpha value is -4.56. The van der Waals surface area contributed by atoms with Crippen LogP contribution in [0.4, 0.5) is 4.39 Å². The molecule has 43 heavy (non-hydrogen) atoms. The third-order valence-corrected chi connectivity index (χ3v) is 7.81.